The average molecular weight is 244 g/mol. The Morgan fingerprint density at radius 2 is 2.24 bits per heavy atom. The zero-order valence-corrected chi connectivity index (χ0v) is 11.0. The molecule has 5 nitrogen and oxygen atoms in total. The molecule has 2 atom stereocenters. The van der Waals surface area contributed by atoms with Gasteiger partial charge in [-0.3, -0.25) is 4.79 Å². The summed E-state index contributed by atoms with van der Waals surface area (Å²) in [6.07, 6.45) is 1.38. The predicted octanol–water partition coefficient (Wildman–Crippen LogP) is 0.282. The van der Waals surface area contributed by atoms with E-state index >= 15 is 0 Å². The Morgan fingerprint density at radius 1 is 1.53 bits per heavy atom. The van der Waals surface area contributed by atoms with Gasteiger partial charge in [-0.05, 0) is 13.3 Å². The zero-order chi connectivity index (χ0) is 12.9. The van der Waals surface area contributed by atoms with Gasteiger partial charge in [0.15, 0.2) is 0 Å². The van der Waals surface area contributed by atoms with Crippen molar-refractivity contribution in [2.24, 2.45) is 11.1 Å². The van der Waals surface area contributed by atoms with Gasteiger partial charge in [0.1, 0.15) is 6.61 Å². The van der Waals surface area contributed by atoms with Crippen LogP contribution in [0.5, 0.6) is 0 Å². The summed E-state index contributed by atoms with van der Waals surface area (Å²) in [5.74, 6) is -0.426. The largest absolute Gasteiger partial charge is 0.378 e. The lowest BCUT2D eigenvalue weighted by Gasteiger charge is -2.52. The lowest BCUT2D eigenvalue weighted by Crippen LogP contribution is -2.61. The molecule has 0 spiro atoms. The van der Waals surface area contributed by atoms with Gasteiger partial charge in [0.05, 0.1) is 12.7 Å². The molecule has 1 saturated carbocycles. The lowest BCUT2D eigenvalue weighted by molar-refractivity contribution is -0.123. The van der Waals surface area contributed by atoms with E-state index in [4.69, 9.17) is 15.2 Å². The molecule has 100 valence electrons. The minimum absolute atomic E-state index is 0.00267. The van der Waals surface area contributed by atoms with Crippen molar-refractivity contribution in [1.29, 1.82) is 0 Å². The number of nitrogens with one attached hydrogen (secondary N) is 1. The fraction of sp³-hybridized carbons (Fsp3) is 0.917. The smallest absolute Gasteiger partial charge is 0.243 e. The molecule has 0 aromatic heterocycles. The molecule has 0 bridgehead atoms. The van der Waals surface area contributed by atoms with E-state index in [2.05, 4.69) is 19.2 Å². The second kappa shape index (κ2) is 6.33. The standard InChI is InChI=1S/C12H24N2O3/c1-4-17-10-7-9(12(10,2)3)14-5-6-16-8-11(13)15/h9-10,14H,4-8H2,1-3H3,(H2,13,15). The van der Waals surface area contributed by atoms with Crippen molar-refractivity contribution in [1.82, 2.24) is 5.32 Å². The number of primary amides is 1. The van der Waals surface area contributed by atoms with Crippen molar-refractivity contribution in [3.8, 4) is 0 Å². The van der Waals surface area contributed by atoms with Crippen LogP contribution in [-0.2, 0) is 14.3 Å². The number of ether oxygens (including phenoxy) is 2. The summed E-state index contributed by atoms with van der Waals surface area (Å²) in [7, 11) is 0. The van der Waals surface area contributed by atoms with Gasteiger partial charge in [-0.1, -0.05) is 13.8 Å². The normalized spacial score (nSPS) is 26.5. The van der Waals surface area contributed by atoms with E-state index in [0.29, 0.717) is 18.8 Å². The molecule has 0 heterocycles. The SMILES string of the molecule is CCOC1CC(NCCOCC(N)=O)C1(C)C. The second-order valence-corrected chi connectivity index (χ2v) is 5.03. The van der Waals surface area contributed by atoms with E-state index in [9.17, 15) is 4.79 Å². The number of hydrogen-bond donors (Lipinski definition) is 2. The number of hydrogen-bond acceptors (Lipinski definition) is 4. The summed E-state index contributed by atoms with van der Waals surface area (Å²) in [5, 5.41) is 3.41. The number of nitrogens with two attached hydrogens (primary N) is 1. The number of rotatable bonds is 8. The van der Waals surface area contributed by atoms with Crippen molar-refractivity contribution in [2.75, 3.05) is 26.4 Å². The first-order valence-electron chi connectivity index (χ1n) is 6.19. The fourth-order valence-electron chi connectivity index (χ4n) is 2.19. The summed E-state index contributed by atoms with van der Waals surface area (Å²) < 4.78 is 10.7. The first kappa shape index (κ1) is 14.4. The zero-order valence-electron chi connectivity index (χ0n) is 11.0. The van der Waals surface area contributed by atoms with Gasteiger partial charge in [-0.25, -0.2) is 0 Å². The van der Waals surface area contributed by atoms with Crippen molar-refractivity contribution < 1.29 is 14.3 Å². The topological polar surface area (TPSA) is 73.6 Å². The van der Waals surface area contributed by atoms with Crippen LogP contribution in [0.2, 0.25) is 0 Å². The van der Waals surface area contributed by atoms with Gasteiger partial charge in [-0.15, -0.1) is 0 Å². The molecule has 1 fully saturated rings. The van der Waals surface area contributed by atoms with Gasteiger partial charge < -0.3 is 20.5 Å². The van der Waals surface area contributed by atoms with E-state index in [-0.39, 0.29) is 12.0 Å². The van der Waals surface area contributed by atoms with E-state index < -0.39 is 5.91 Å². The Kier molecular flexibility index (Phi) is 5.36. The van der Waals surface area contributed by atoms with Crippen LogP contribution in [0.3, 0.4) is 0 Å². The van der Waals surface area contributed by atoms with Gasteiger partial charge in [0, 0.05) is 24.6 Å². The monoisotopic (exact) mass is 244 g/mol. The van der Waals surface area contributed by atoms with Crippen molar-refractivity contribution >= 4 is 5.91 Å². The molecule has 2 unspecified atom stereocenters. The molecule has 3 N–H and O–H groups in total. The maximum Gasteiger partial charge on any atom is 0.243 e. The third-order valence-electron chi connectivity index (χ3n) is 3.43. The summed E-state index contributed by atoms with van der Waals surface area (Å²) in [6.45, 7) is 8.45. The number of carbonyl (C=O) groups excluding carboxylic acids is 1. The first-order valence-corrected chi connectivity index (χ1v) is 6.19. The highest BCUT2D eigenvalue weighted by Gasteiger charge is 2.48. The molecule has 0 aromatic carbocycles. The Hall–Kier alpha value is -0.650. The highest BCUT2D eigenvalue weighted by Crippen LogP contribution is 2.42. The molecule has 5 heteroatoms. The second-order valence-electron chi connectivity index (χ2n) is 5.03. The van der Waals surface area contributed by atoms with Gasteiger partial charge >= 0.3 is 0 Å². The van der Waals surface area contributed by atoms with Gasteiger partial charge in [0.25, 0.3) is 0 Å². The highest BCUT2D eigenvalue weighted by molar-refractivity contribution is 5.74. The Bertz CT molecular complexity index is 256. The van der Waals surface area contributed by atoms with Crippen LogP contribution in [0.15, 0.2) is 0 Å². The molecule has 1 aliphatic rings. The molecule has 17 heavy (non-hydrogen) atoms. The van der Waals surface area contributed by atoms with Crippen LogP contribution >= 0.6 is 0 Å². The highest BCUT2D eigenvalue weighted by atomic mass is 16.5. The van der Waals surface area contributed by atoms with E-state index in [1.54, 1.807) is 0 Å². The summed E-state index contributed by atoms with van der Waals surface area (Å²) >= 11 is 0. The quantitative estimate of drug-likeness (QED) is 0.602. The van der Waals surface area contributed by atoms with Crippen LogP contribution in [0.25, 0.3) is 0 Å². The van der Waals surface area contributed by atoms with Gasteiger partial charge in [-0.2, -0.15) is 0 Å². The van der Waals surface area contributed by atoms with Crippen LogP contribution in [0, 0.1) is 5.41 Å². The molecule has 1 amide bonds. The third-order valence-corrected chi connectivity index (χ3v) is 3.43. The first-order chi connectivity index (χ1) is 7.98. The molecule has 1 rings (SSSR count). The van der Waals surface area contributed by atoms with E-state index in [1.165, 1.54) is 0 Å². The Labute approximate surface area is 103 Å². The maximum atomic E-state index is 10.4. The molecule has 0 radical (unpaired) electrons. The lowest BCUT2D eigenvalue weighted by atomic mass is 9.64. The van der Waals surface area contributed by atoms with Crippen LogP contribution in [0.1, 0.15) is 27.2 Å². The van der Waals surface area contributed by atoms with Crippen molar-refractivity contribution in [3.05, 3.63) is 0 Å². The van der Waals surface area contributed by atoms with Crippen LogP contribution in [-0.4, -0.2) is 44.4 Å². The molecule has 0 aliphatic heterocycles. The average Bonchev–Trinajstić information content (AvgIpc) is 2.25. The minimum Gasteiger partial charge on any atom is -0.378 e. The van der Waals surface area contributed by atoms with Crippen molar-refractivity contribution in [2.45, 2.75) is 39.3 Å². The van der Waals surface area contributed by atoms with E-state index in [1.807, 2.05) is 6.92 Å². The maximum absolute atomic E-state index is 10.4. The summed E-state index contributed by atoms with van der Waals surface area (Å²) in [4.78, 5) is 10.4. The van der Waals surface area contributed by atoms with Gasteiger partial charge in [0.2, 0.25) is 5.91 Å². The summed E-state index contributed by atoms with van der Waals surface area (Å²) in [6, 6.07) is 0.455. The molecule has 1 aliphatic carbocycles. The molecular weight excluding hydrogens is 220 g/mol. The third kappa shape index (κ3) is 3.94. The van der Waals surface area contributed by atoms with Crippen LogP contribution < -0.4 is 11.1 Å². The molecule has 0 saturated heterocycles. The Balaban J connectivity index is 2.11. The minimum atomic E-state index is -0.426. The Morgan fingerprint density at radius 3 is 2.76 bits per heavy atom. The van der Waals surface area contributed by atoms with E-state index in [0.717, 1.165) is 19.6 Å². The summed E-state index contributed by atoms with van der Waals surface area (Å²) in [5.41, 5.74) is 5.13. The van der Waals surface area contributed by atoms with Crippen molar-refractivity contribution in [3.63, 3.8) is 0 Å². The fourth-order valence-corrected chi connectivity index (χ4v) is 2.19. The number of amides is 1. The molecular formula is C12H24N2O3. The number of carbonyl (C=O) groups is 1. The predicted molar refractivity (Wildman–Crippen MR) is 65.6 cm³/mol. The molecule has 0 aromatic rings. The van der Waals surface area contributed by atoms with Crippen LogP contribution in [0.4, 0.5) is 0 Å².